The number of piperazine rings is 1. The summed E-state index contributed by atoms with van der Waals surface area (Å²) in [7, 11) is 0. The van der Waals surface area contributed by atoms with Crippen molar-refractivity contribution >= 4 is 5.91 Å². The second-order valence-electron chi connectivity index (χ2n) is 5.00. The number of benzene rings is 2. The molecular weight excluding hydrogens is 248 g/mol. The molecule has 20 heavy (non-hydrogen) atoms. The molecule has 102 valence electrons. The van der Waals surface area contributed by atoms with E-state index in [-0.39, 0.29) is 11.9 Å². The highest BCUT2D eigenvalue weighted by atomic mass is 16.2. The molecule has 1 N–H and O–H groups in total. The van der Waals surface area contributed by atoms with E-state index in [2.05, 4.69) is 17.4 Å². The Morgan fingerprint density at radius 2 is 1.65 bits per heavy atom. The maximum absolute atomic E-state index is 12.7. The average molecular weight is 266 g/mol. The topological polar surface area (TPSA) is 32.3 Å². The van der Waals surface area contributed by atoms with Gasteiger partial charge in [-0.2, -0.15) is 0 Å². The summed E-state index contributed by atoms with van der Waals surface area (Å²) in [4.78, 5) is 14.7. The van der Waals surface area contributed by atoms with Crippen LogP contribution in [0, 0.1) is 0 Å². The summed E-state index contributed by atoms with van der Waals surface area (Å²) in [5, 5.41) is 3.38. The molecule has 1 atom stereocenters. The molecule has 0 aromatic heterocycles. The van der Waals surface area contributed by atoms with E-state index in [1.54, 1.807) is 0 Å². The molecule has 0 saturated carbocycles. The van der Waals surface area contributed by atoms with Crippen LogP contribution in [-0.4, -0.2) is 30.4 Å². The van der Waals surface area contributed by atoms with Crippen molar-refractivity contribution in [3.05, 3.63) is 71.8 Å². The second kappa shape index (κ2) is 5.88. The first kappa shape index (κ1) is 12.9. The van der Waals surface area contributed by atoms with E-state index in [9.17, 15) is 4.79 Å². The smallest absolute Gasteiger partial charge is 0.254 e. The van der Waals surface area contributed by atoms with Gasteiger partial charge < -0.3 is 10.2 Å². The van der Waals surface area contributed by atoms with Crippen LogP contribution in [0.25, 0.3) is 0 Å². The first-order valence-corrected chi connectivity index (χ1v) is 6.98. The van der Waals surface area contributed by atoms with Gasteiger partial charge in [0.1, 0.15) is 0 Å². The Labute approximate surface area is 119 Å². The minimum absolute atomic E-state index is 0.109. The summed E-state index contributed by atoms with van der Waals surface area (Å²) in [5.74, 6) is 0.112. The van der Waals surface area contributed by atoms with Crippen molar-refractivity contribution in [2.24, 2.45) is 0 Å². The fraction of sp³-hybridized carbons (Fsp3) is 0.235. The first-order valence-electron chi connectivity index (χ1n) is 6.98. The van der Waals surface area contributed by atoms with E-state index in [1.165, 1.54) is 5.56 Å². The van der Waals surface area contributed by atoms with Crippen molar-refractivity contribution in [3.63, 3.8) is 0 Å². The molecule has 1 amide bonds. The van der Waals surface area contributed by atoms with Crippen molar-refractivity contribution in [2.45, 2.75) is 6.04 Å². The third kappa shape index (κ3) is 2.58. The van der Waals surface area contributed by atoms with Crippen LogP contribution in [-0.2, 0) is 0 Å². The highest BCUT2D eigenvalue weighted by Gasteiger charge is 2.28. The lowest BCUT2D eigenvalue weighted by molar-refractivity contribution is 0.0634. The van der Waals surface area contributed by atoms with Gasteiger partial charge in [-0.25, -0.2) is 0 Å². The van der Waals surface area contributed by atoms with Gasteiger partial charge in [-0.15, -0.1) is 0 Å². The van der Waals surface area contributed by atoms with Crippen LogP contribution < -0.4 is 5.32 Å². The van der Waals surface area contributed by atoms with Crippen molar-refractivity contribution in [2.75, 3.05) is 19.6 Å². The molecule has 1 saturated heterocycles. The van der Waals surface area contributed by atoms with Crippen LogP contribution in [0.2, 0.25) is 0 Å². The Kier molecular flexibility index (Phi) is 3.79. The Morgan fingerprint density at radius 3 is 2.35 bits per heavy atom. The lowest BCUT2D eigenvalue weighted by Gasteiger charge is -2.36. The molecule has 1 aliphatic heterocycles. The van der Waals surface area contributed by atoms with E-state index in [0.717, 1.165) is 25.2 Å². The zero-order valence-corrected chi connectivity index (χ0v) is 11.3. The minimum Gasteiger partial charge on any atom is -0.329 e. The van der Waals surface area contributed by atoms with Crippen LogP contribution in [0.1, 0.15) is 22.0 Å². The molecule has 0 aliphatic carbocycles. The number of nitrogens with zero attached hydrogens (tertiary/aromatic N) is 1. The van der Waals surface area contributed by atoms with Gasteiger partial charge in [-0.1, -0.05) is 48.5 Å². The molecule has 3 heteroatoms. The third-order valence-electron chi connectivity index (χ3n) is 3.71. The Morgan fingerprint density at radius 1 is 1.00 bits per heavy atom. The molecule has 0 bridgehead atoms. The lowest BCUT2D eigenvalue weighted by Crippen LogP contribution is -2.48. The fourth-order valence-electron chi connectivity index (χ4n) is 2.67. The molecule has 1 aliphatic rings. The van der Waals surface area contributed by atoms with E-state index in [4.69, 9.17) is 0 Å². The van der Waals surface area contributed by atoms with Crippen LogP contribution >= 0.6 is 0 Å². The van der Waals surface area contributed by atoms with Crippen LogP contribution in [0.3, 0.4) is 0 Å². The fourth-order valence-corrected chi connectivity index (χ4v) is 2.67. The molecule has 3 nitrogen and oxygen atoms in total. The number of hydrogen-bond acceptors (Lipinski definition) is 2. The Balaban J connectivity index is 1.88. The Hall–Kier alpha value is -2.13. The lowest BCUT2D eigenvalue weighted by atomic mass is 10.0. The van der Waals surface area contributed by atoms with E-state index in [1.807, 2.05) is 53.4 Å². The highest BCUT2D eigenvalue weighted by Crippen LogP contribution is 2.23. The zero-order chi connectivity index (χ0) is 13.8. The van der Waals surface area contributed by atoms with Crippen molar-refractivity contribution in [1.82, 2.24) is 10.2 Å². The standard InChI is InChI=1S/C17H18N2O/c20-17(15-9-5-2-6-10-15)19-12-11-18-13-16(19)14-7-3-1-4-8-14/h1-10,16,18H,11-13H2. The van der Waals surface area contributed by atoms with Gasteiger partial charge in [0.15, 0.2) is 0 Å². The number of carbonyl (C=O) groups excluding carboxylic acids is 1. The van der Waals surface area contributed by atoms with Gasteiger partial charge in [0, 0.05) is 25.2 Å². The molecule has 3 rings (SSSR count). The normalized spacial score (nSPS) is 18.8. The number of nitrogens with one attached hydrogen (secondary N) is 1. The number of hydrogen-bond donors (Lipinski definition) is 1. The van der Waals surface area contributed by atoms with E-state index in [0.29, 0.717) is 0 Å². The molecule has 0 spiro atoms. The van der Waals surface area contributed by atoms with Gasteiger partial charge >= 0.3 is 0 Å². The number of amides is 1. The second-order valence-corrected chi connectivity index (χ2v) is 5.00. The van der Waals surface area contributed by atoms with Gasteiger partial charge in [0.25, 0.3) is 5.91 Å². The van der Waals surface area contributed by atoms with Crippen LogP contribution in [0.5, 0.6) is 0 Å². The molecule has 1 fully saturated rings. The van der Waals surface area contributed by atoms with E-state index >= 15 is 0 Å². The zero-order valence-electron chi connectivity index (χ0n) is 11.3. The molecule has 1 unspecified atom stereocenters. The highest BCUT2D eigenvalue weighted by molar-refractivity contribution is 5.94. The summed E-state index contributed by atoms with van der Waals surface area (Å²) in [6, 6.07) is 19.8. The summed E-state index contributed by atoms with van der Waals surface area (Å²) < 4.78 is 0. The monoisotopic (exact) mass is 266 g/mol. The van der Waals surface area contributed by atoms with Crippen molar-refractivity contribution in [1.29, 1.82) is 0 Å². The maximum Gasteiger partial charge on any atom is 0.254 e. The Bertz CT molecular complexity index is 568. The molecule has 2 aromatic rings. The van der Waals surface area contributed by atoms with Gasteiger partial charge in [-0.3, -0.25) is 4.79 Å². The third-order valence-corrected chi connectivity index (χ3v) is 3.71. The van der Waals surface area contributed by atoms with Crippen LogP contribution in [0.15, 0.2) is 60.7 Å². The SMILES string of the molecule is O=C(c1ccccc1)N1CCNCC1c1ccccc1. The quantitative estimate of drug-likeness (QED) is 0.905. The molecular formula is C17H18N2O. The minimum atomic E-state index is 0.109. The first-order chi connectivity index (χ1) is 9.86. The van der Waals surface area contributed by atoms with E-state index < -0.39 is 0 Å². The van der Waals surface area contributed by atoms with Crippen molar-refractivity contribution in [3.8, 4) is 0 Å². The number of rotatable bonds is 2. The predicted octanol–water partition coefficient (Wildman–Crippen LogP) is 2.47. The summed E-state index contributed by atoms with van der Waals surface area (Å²) >= 11 is 0. The van der Waals surface area contributed by atoms with Crippen LogP contribution in [0.4, 0.5) is 0 Å². The average Bonchev–Trinajstić information content (AvgIpc) is 2.56. The number of carbonyl (C=O) groups is 1. The largest absolute Gasteiger partial charge is 0.329 e. The summed E-state index contributed by atoms with van der Waals surface area (Å²) in [6.07, 6.45) is 0. The van der Waals surface area contributed by atoms with Crippen molar-refractivity contribution < 1.29 is 4.79 Å². The van der Waals surface area contributed by atoms with Gasteiger partial charge in [0.05, 0.1) is 6.04 Å². The predicted molar refractivity (Wildman–Crippen MR) is 79.5 cm³/mol. The maximum atomic E-state index is 12.7. The molecule has 1 heterocycles. The van der Waals surface area contributed by atoms with Gasteiger partial charge in [-0.05, 0) is 17.7 Å². The van der Waals surface area contributed by atoms with Gasteiger partial charge in [0.2, 0.25) is 0 Å². The summed E-state index contributed by atoms with van der Waals surface area (Å²) in [6.45, 7) is 2.40. The molecule has 0 radical (unpaired) electrons. The molecule has 2 aromatic carbocycles. The summed E-state index contributed by atoms with van der Waals surface area (Å²) in [5.41, 5.74) is 1.94.